The Morgan fingerprint density at radius 1 is 1.00 bits per heavy atom. The smallest absolute Gasteiger partial charge is 0.0895 e. The first-order chi connectivity index (χ1) is 9.15. The second-order valence-corrected chi connectivity index (χ2v) is 5.93. The van der Waals surface area contributed by atoms with Gasteiger partial charge < -0.3 is 0 Å². The van der Waals surface area contributed by atoms with E-state index in [4.69, 9.17) is 0 Å². The van der Waals surface area contributed by atoms with Gasteiger partial charge in [-0.3, -0.25) is 0 Å². The summed E-state index contributed by atoms with van der Waals surface area (Å²) in [5.74, 6) is 0. The van der Waals surface area contributed by atoms with Gasteiger partial charge in [0, 0.05) is 11.1 Å². The van der Waals surface area contributed by atoms with Crippen molar-refractivity contribution in [3.8, 4) is 0 Å². The molecular formula is C14H13N3OS. The van der Waals surface area contributed by atoms with Crippen molar-refractivity contribution < 1.29 is 4.21 Å². The maximum atomic E-state index is 12.5. The van der Waals surface area contributed by atoms with Crippen LogP contribution in [-0.2, 0) is 10.8 Å². The summed E-state index contributed by atoms with van der Waals surface area (Å²) >= 11 is 0. The molecule has 1 unspecified atom stereocenters. The quantitative estimate of drug-likeness (QED) is 0.719. The summed E-state index contributed by atoms with van der Waals surface area (Å²) in [5, 5.41) is 8.00. The van der Waals surface area contributed by atoms with Gasteiger partial charge in [-0.05, 0) is 38.1 Å². The molecule has 3 aromatic rings. The van der Waals surface area contributed by atoms with Gasteiger partial charge in [-0.2, -0.15) is 0 Å². The summed E-state index contributed by atoms with van der Waals surface area (Å²) in [6.07, 6.45) is 1.77. The number of rotatable bonds is 2. The van der Waals surface area contributed by atoms with Crippen molar-refractivity contribution in [2.45, 2.75) is 23.6 Å². The zero-order valence-electron chi connectivity index (χ0n) is 10.7. The number of fused-ring (bicyclic) bond motifs is 1. The van der Waals surface area contributed by atoms with Crippen molar-refractivity contribution in [2.75, 3.05) is 0 Å². The maximum absolute atomic E-state index is 12.5. The molecule has 0 amide bonds. The number of hydrogen-bond acceptors (Lipinski definition) is 3. The molecule has 96 valence electrons. The third-order valence-corrected chi connectivity index (χ3v) is 4.38. The van der Waals surface area contributed by atoms with E-state index in [2.05, 4.69) is 10.3 Å². The SMILES string of the molecule is Cc1ccc(S(=O)c2ccc3c(C)nnn3c2)cc1. The highest BCUT2D eigenvalue weighted by atomic mass is 32.2. The third kappa shape index (κ3) is 2.17. The van der Waals surface area contributed by atoms with Gasteiger partial charge in [-0.25, -0.2) is 8.72 Å². The van der Waals surface area contributed by atoms with Gasteiger partial charge in [0.2, 0.25) is 0 Å². The van der Waals surface area contributed by atoms with Crippen LogP contribution in [0.1, 0.15) is 11.3 Å². The lowest BCUT2D eigenvalue weighted by Gasteiger charge is -2.03. The lowest BCUT2D eigenvalue weighted by molar-refractivity contribution is 0.682. The number of aromatic nitrogens is 3. The van der Waals surface area contributed by atoms with Crippen molar-refractivity contribution in [3.63, 3.8) is 0 Å². The maximum Gasteiger partial charge on any atom is 0.0895 e. The molecule has 19 heavy (non-hydrogen) atoms. The minimum absolute atomic E-state index is 0.723. The van der Waals surface area contributed by atoms with E-state index < -0.39 is 10.8 Å². The zero-order chi connectivity index (χ0) is 13.4. The summed E-state index contributed by atoms with van der Waals surface area (Å²) in [6, 6.07) is 11.5. The minimum atomic E-state index is -1.19. The first-order valence-corrected chi connectivity index (χ1v) is 7.10. The van der Waals surface area contributed by atoms with Crippen LogP contribution in [0.3, 0.4) is 0 Å². The highest BCUT2D eigenvalue weighted by Crippen LogP contribution is 2.18. The molecule has 0 saturated carbocycles. The molecular weight excluding hydrogens is 258 g/mol. The second-order valence-electron chi connectivity index (χ2n) is 4.45. The summed E-state index contributed by atoms with van der Waals surface area (Å²) < 4.78 is 14.1. The van der Waals surface area contributed by atoms with Crippen molar-refractivity contribution in [1.82, 2.24) is 14.8 Å². The highest BCUT2D eigenvalue weighted by Gasteiger charge is 2.09. The Kier molecular flexibility index (Phi) is 2.91. The summed E-state index contributed by atoms with van der Waals surface area (Å²) in [7, 11) is -1.19. The fourth-order valence-electron chi connectivity index (χ4n) is 1.91. The van der Waals surface area contributed by atoms with Gasteiger partial charge in [-0.15, -0.1) is 5.10 Å². The number of nitrogens with zero attached hydrogens (tertiary/aromatic N) is 3. The molecule has 0 saturated heterocycles. The Balaban J connectivity index is 2.03. The minimum Gasteiger partial charge on any atom is -0.249 e. The Morgan fingerprint density at radius 2 is 1.68 bits per heavy atom. The standard InChI is InChI=1S/C14H13N3OS/c1-10-3-5-12(6-4-10)19(18)13-7-8-14-11(2)15-16-17(14)9-13/h3-9H,1-2H3. The molecule has 2 heterocycles. The van der Waals surface area contributed by atoms with Crippen LogP contribution in [0.4, 0.5) is 0 Å². The van der Waals surface area contributed by atoms with Gasteiger partial charge in [0.25, 0.3) is 0 Å². The first-order valence-electron chi connectivity index (χ1n) is 5.95. The van der Waals surface area contributed by atoms with Crippen LogP contribution in [0.25, 0.3) is 5.52 Å². The van der Waals surface area contributed by atoms with Crippen LogP contribution in [-0.4, -0.2) is 19.0 Å². The highest BCUT2D eigenvalue weighted by molar-refractivity contribution is 7.85. The molecule has 3 rings (SSSR count). The van der Waals surface area contributed by atoms with Crippen molar-refractivity contribution in [1.29, 1.82) is 0 Å². The predicted molar refractivity (Wildman–Crippen MR) is 73.6 cm³/mol. The van der Waals surface area contributed by atoms with Crippen molar-refractivity contribution in [2.24, 2.45) is 0 Å². The van der Waals surface area contributed by atoms with Gasteiger partial charge in [0.05, 0.1) is 26.9 Å². The molecule has 5 heteroatoms. The topological polar surface area (TPSA) is 47.3 Å². The van der Waals surface area contributed by atoms with Gasteiger partial charge in [0.1, 0.15) is 0 Å². The fourth-order valence-corrected chi connectivity index (χ4v) is 2.95. The summed E-state index contributed by atoms with van der Waals surface area (Å²) in [5.41, 5.74) is 2.96. The molecule has 4 nitrogen and oxygen atoms in total. The molecule has 2 aromatic heterocycles. The Labute approximate surface area is 113 Å². The van der Waals surface area contributed by atoms with E-state index in [9.17, 15) is 4.21 Å². The van der Waals surface area contributed by atoms with Crippen LogP contribution in [0.5, 0.6) is 0 Å². The molecule has 0 radical (unpaired) electrons. The third-order valence-electron chi connectivity index (χ3n) is 3.01. The normalized spacial score (nSPS) is 12.7. The van der Waals surface area contributed by atoms with E-state index in [1.807, 2.05) is 50.2 Å². The van der Waals surface area contributed by atoms with E-state index >= 15 is 0 Å². The van der Waals surface area contributed by atoms with Crippen LogP contribution in [0, 0.1) is 13.8 Å². The second kappa shape index (κ2) is 4.59. The summed E-state index contributed by atoms with van der Waals surface area (Å²) in [6.45, 7) is 3.91. The van der Waals surface area contributed by atoms with E-state index in [1.165, 1.54) is 0 Å². The summed E-state index contributed by atoms with van der Waals surface area (Å²) in [4.78, 5) is 1.52. The van der Waals surface area contributed by atoms with E-state index in [0.717, 1.165) is 26.6 Å². The molecule has 0 fully saturated rings. The largest absolute Gasteiger partial charge is 0.249 e. The fraction of sp³-hybridized carbons (Fsp3) is 0.143. The number of benzene rings is 1. The molecule has 0 N–H and O–H groups in total. The average molecular weight is 271 g/mol. The van der Waals surface area contributed by atoms with E-state index in [1.54, 1.807) is 10.7 Å². The average Bonchev–Trinajstić information content (AvgIpc) is 2.80. The van der Waals surface area contributed by atoms with Crippen molar-refractivity contribution >= 4 is 16.3 Å². The van der Waals surface area contributed by atoms with Crippen LogP contribution < -0.4 is 0 Å². The van der Waals surface area contributed by atoms with Crippen LogP contribution in [0.2, 0.25) is 0 Å². The van der Waals surface area contributed by atoms with Gasteiger partial charge in [-0.1, -0.05) is 22.9 Å². The lowest BCUT2D eigenvalue weighted by Crippen LogP contribution is -1.96. The molecule has 1 aromatic carbocycles. The van der Waals surface area contributed by atoms with Gasteiger partial charge in [0.15, 0.2) is 0 Å². The molecule has 0 bridgehead atoms. The van der Waals surface area contributed by atoms with Gasteiger partial charge >= 0.3 is 0 Å². The molecule has 0 aliphatic carbocycles. The number of pyridine rings is 1. The Bertz CT molecular complexity index is 762. The predicted octanol–water partition coefficient (Wildman–Crippen LogP) is 2.51. The molecule has 0 spiro atoms. The number of aryl methyl sites for hydroxylation is 2. The Morgan fingerprint density at radius 3 is 2.42 bits per heavy atom. The lowest BCUT2D eigenvalue weighted by atomic mass is 10.2. The van der Waals surface area contributed by atoms with Crippen LogP contribution >= 0.6 is 0 Å². The zero-order valence-corrected chi connectivity index (χ0v) is 11.5. The van der Waals surface area contributed by atoms with Crippen LogP contribution in [0.15, 0.2) is 52.4 Å². The van der Waals surface area contributed by atoms with Crippen molar-refractivity contribution in [3.05, 3.63) is 53.9 Å². The van der Waals surface area contributed by atoms with E-state index in [0.29, 0.717) is 0 Å². The number of hydrogen-bond donors (Lipinski definition) is 0. The molecule has 0 aliphatic rings. The molecule has 1 atom stereocenters. The first kappa shape index (κ1) is 12.0. The Hall–Kier alpha value is -2.01. The van der Waals surface area contributed by atoms with E-state index in [-0.39, 0.29) is 0 Å². The monoisotopic (exact) mass is 271 g/mol. The molecule has 0 aliphatic heterocycles.